The van der Waals surface area contributed by atoms with Crippen LogP contribution in [0, 0.1) is 12.7 Å². The van der Waals surface area contributed by atoms with Crippen LogP contribution >= 0.6 is 0 Å². The van der Waals surface area contributed by atoms with Crippen molar-refractivity contribution in [1.29, 1.82) is 0 Å². The van der Waals surface area contributed by atoms with Gasteiger partial charge < -0.3 is 10.4 Å². The van der Waals surface area contributed by atoms with E-state index in [1.165, 1.54) is 19.1 Å². The zero-order valence-corrected chi connectivity index (χ0v) is 9.25. The maximum atomic E-state index is 13.3. The molecule has 4 heteroatoms. The third-order valence-electron chi connectivity index (χ3n) is 2.16. The summed E-state index contributed by atoms with van der Waals surface area (Å²) in [6, 6.07) is 4.74. The van der Waals surface area contributed by atoms with Crippen LogP contribution in [0.15, 0.2) is 29.8 Å². The van der Waals surface area contributed by atoms with Gasteiger partial charge in [0.1, 0.15) is 5.82 Å². The van der Waals surface area contributed by atoms with Crippen LogP contribution in [0.2, 0.25) is 0 Å². The Kier molecular flexibility index (Phi) is 4.05. The van der Waals surface area contributed by atoms with Gasteiger partial charge in [-0.05, 0) is 31.5 Å². The second kappa shape index (κ2) is 5.30. The molecule has 0 spiro atoms. The maximum absolute atomic E-state index is 13.3. The van der Waals surface area contributed by atoms with Crippen LogP contribution in [-0.2, 0) is 4.79 Å². The molecule has 0 fully saturated rings. The van der Waals surface area contributed by atoms with E-state index in [-0.39, 0.29) is 11.4 Å². The fourth-order valence-electron chi connectivity index (χ4n) is 1.18. The quantitative estimate of drug-likeness (QED) is 0.771. The Morgan fingerprint density at radius 1 is 1.56 bits per heavy atom. The lowest BCUT2D eigenvalue weighted by Gasteiger charge is -2.06. The van der Waals surface area contributed by atoms with Gasteiger partial charge in [0.25, 0.3) is 0 Å². The molecule has 1 aromatic rings. The summed E-state index contributed by atoms with van der Waals surface area (Å²) in [5.41, 5.74) is 1.57. The Morgan fingerprint density at radius 2 is 2.25 bits per heavy atom. The molecule has 0 atom stereocenters. The van der Waals surface area contributed by atoms with Gasteiger partial charge in [0.15, 0.2) is 0 Å². The molecule has 0 radical (unpaired) electrons. The topological polar surface area (TPSA) is 49.3 Å². The standard InChI is InChI=1S/C12H14FNO2/c1-8-3-4-10(13)11(7-8)14-6-5-9(2)12(15)16/h3-5,7,14H,6H2,1-2H3,(H,15,16)/b9-5-. The van der Waals surface area contributed by atoms with E-state index in [0.29, 0.717) is 12.2 Å². The summed E-state index contributed by atoms with van der Waals surface area (Å²) in [7, 11) is 0. The Hall–Kier alpha value is -1.84. The Balaban J connectivity index is 2.65. The molecule has 0 aromatic heterocycles. The van der Waals surface area contributed by atoms with E-state index < -0.39 is 5.97 Å². The molecule has 86 valence electrons. The fraction of sp³-hybridized carbons (Fsp3) is 0.250. The van der Waals surface area contributed by atoms with Gasteiger partial charge in [-0.1, -0.05) is 12.1 Å². The molecule has 16 heavy (non-hydrogen) atoms. The van der Waals surface area contributed by atoms with Crippen LogP contribution in [0.5, 0.6) is 0 Å². The van der Waals surface area contributed by atoms with Crippen molar-refractivity contribution in [3.63, 3.8) is 0 Å². The van der Waals surface area contributed by atoms with Crippen molar-refractivity contribution >= 4 is 11.7 Å². The summed E-state index contributed by atoms with van der Waals surface area (Å²) in [6.07, 6.45) is 1.50. The molecule has 0 saturated carbocycles. The van der Waals surface area contributed by atoms with Gasteiger partial charge in [-0.3, -0.25) is 0 Å². The van der Waals surface area contributed by atoms with Crippen LogP contribution in [0.1, 0.15) is 12.5 Å². The highest BCUT2D eigenvalue weighted by atomic mass is 19.1. The van der Waals surface area contributed by atoms with Crippen LogP contribution < -0.4 is 5.32 Å². The maximum Gasteiger partial charge on any atom is 0.331 e. The highest BCUT2D eigenvalue weighted by Gasteiger charge is 2.01. The number of carboxylic acid groups (broad SMARTS) is 1. The van der Waals surface area contributed by atoms with Crippen molar-refractivity contribution in [2.75, 3.05) is 11.9 Å². The first-order valence-electron chi connectivity index (χ1n) is 4.91. The zero-order valence-electron chi connectivity index (χ0n) is 9.25. The highest BCUT2D eigenvalue weighted by Crippen LogP contribution is 2.15. The van der Waals surface area contributed by atoms with Crippen molar-refractivity contribution in [2.45, 2.75) is 13.8 Å². The minimum Gasteiger partial charge on any atom is -0.478 e. The molecule has 0 amide bonds. The highest BCUT2D eigenvalue weighted by molar-refractivity contribution is 5.85. The van der Waals surface area contributed by atoms with Crippen LogP contribution in [0.3, 0.4) is 0 Å². The van der Waals surface area contributed by atoms with E-state index in [9.17, 15) is 9.18 Å². The number of halogens is 1. The Labute approximate surface area is 93.6 Å². The predicted molar refractivity (Wildman–Crippen MR) is 61.0 cm³/mol. The summed E-state index contributed by atoms with van der Waals surface area (Å²) in [5, 5.41) is 11.4. The molecule has 1 aromatic carbocycles. The smallest absolute Gasteiger partial charge is 0.331 e. The average molecular weight is 223 g/mol. The Bertz CT molecular complexity index is 427. The average Bonchev–Trinajstić information content (AvgIpc) is 2.22. The van der Waals surface area contributed by atoms with E-state index in [2.05, 4.69) is 5.32 Å². The number of hydrogen-bond donors (Lipinski definition) is 2. The largest absolute Gasteiger partial charge is 0.478 e. The number of carbonyl (C=O) groups is 1. The molecular formula is C12H14FNO2. The number of benzene rings is 1. The molecule has 1 rings (SSSR count). The molecule has 0 saturated heterocycles. The van der Waals surface area contributed by atoms with E-state index in [4.69, 9.17) is 5.11 Å². The first-order valence-corrected chi connectivity index (χ1v) is 4.91. The first-order chi connectivity index (χ1) is 7.50. The molecule has 0 aliphatic rings. The number of carboxylic acids is 1. The van der Waals surface area contributed by atoms with E-state index in [0.717, 1.165) is 5.56 Å². The second-order valence-corrected chi connectivity index (χ2v) is 3.56. The summed E-state index contributed by atoms with van der Waals surface area (Å²) in [6.45, 7) is 3.65. The van der Waals surface area contributed by atoms with Gasteiger partial charge >= 0.3 is 5.97 Å². The fourth-order valence-corrected chi connectivity index (χ4v) is 1.18. The van der Waals surface area contributed by atoms with Crippen LogP contribution in [-0.4, -0.2) is 17.6 Å². The van der Waals surface area contributed by atoms with Gasteiger partial charge in [0, 0.05) is 12.1 Å². The molecule has 0 aliphatic heterocycles. The summed E-state index contributed by atoms with van der Waals surface area (Å²) < 4.78 is 13.3. The third-order valence-corrected chi connectivity index (χ3v) is 2.16. The zero-order chi connectivity index (χ0) is 12.1. The van der Waals surface area contributed by atoms with E-state index >= 15 is 0 Å². The number of nitrogens with one attached hydrogen (secondary N) is 1. The summed E-state index contributed by atoms with van der Waals surface area (Å²) in [5.74, 6) is -1.31. The van der Waals surface area contributed by atoms with E-state index in [1.54, 1.807) is 12.1 Å². The minimum absolute atomic E-state index is 0.237. The van der Waals surface area contributed by atoms with Gasteiger partial charge in [0.05, 0.1) is 5.69 Å². The van der Waals surface area contributed by atoms with Gasteiger partial charge in [-0.2, -0.15) is 0 Å². The first kappa shape index (κ1) is 12.2. The lowest BCUT2D eigenvalue weighted by atomic mass is 10.2. The van der Waals surface area contributed by atoms with Crippen molar-refractivity contribution in [3.05, 3.63) is 41.2 Å². The molecule has 2 N–H and O–H groups in total. The van der Waals surface area contributed by atoms with Gasteiger partial charge in [-0.15, -0.1) is 0 Å². The normalized spacial score (nSPS) is 11.3. The molecule has 0 bridgehead atoms. The number of aryl methyl sites for hydroxylation is 1. The predicted octanol–water partition coefficient (Wildman–Crippen LogP) is 2.58. The van der Waals surface area contributed by atoms with Crippen molar-refractivity contribution < 1.29 is 14.3 Å². The summed E-state index contributed by atoms with van der Waals surface area (Å²) >= 11 is 0. The molecule has 3 nitrogen and oxygen atoms in total. The van der Waals surface area contributed by atoms with Crippen molar-refractivity contribution in [1.82, 2.24) is 0 Å². The number of aliphatic carboxylic acids is 1. The minimum atomic E-state index is -0.966. The van der Waals surface area contributed by atoms with Gasteiger partial charge in [-0.25, -0.2) is 9.18 Å². The van der Waals surface area contributed by atoms with Gasteiger partial charge in [0.2, 0.25) is 0 Å². The SMILES string of the molecule is C/C(=C/CNc1cc(C)ccc1F)C(=O)O. The number of anilines is 1. The number of rotatable bonds is 4. The van der Waals surface area contributed by atoms with Crippen LogP contribution in [0.4, 0.5) is 10.1 Å². The lowest BCUT2D eigenvalue weighted by Crippen LogP contribution is -2.04. The molecule has 0 aliphatic carbocycles. The van der Waals surface area contributed by atoms with Crippen LogP contribution in [0.25, 0.3) is 0 Å². The third kappa shape index (κ3) is 3.38. The Morgan fingerprint density at radius 3 is 2.88 bits per heavy atom. The van der Waals surface area contributed by atoms with Crippen molar-refractivity contribution in [2.24, 2.45) is 0 Å². The summed E-state index contributed by atoms with van der Waals surface area (Å²) in [4.78, 5) is 10.5. The second-order valence-electron chi connectivity index (χ2n) is 3.56. The molecule has 0 unspecified atom stereocenters. The van der Waals surface area contributed by atoms with E-state index in [1.807, 2.05) is 6.92 Å². The monoisotopic (exact) mass is 223 g/mol. The number of hydrogen-bond acceptors (Lipinski definition) is 2. The van der Waals surface area contributed by atoms with Crippen molar-refractivity contribution in [3.8, 4) is 0 Å². The lowest BCUT2D eigenvalue weighted by molar-refractivity contribution is -0.132. The molecule has 0 heterocycles. The molecular weight excluding hydrogens is 209 g/mol.